The summed E-state index contributed by atoms with van der Waals surface area (Å²) in [4.78, 5) is 16.6. The number of thiazole rings is 1. The highest BCUT2D eigenvalue weighted by Gasteiger charge is 2.09. The summed E-state index contributed by atoms with van der Waals surface area (Å²) in [5.41, 5.74) is 1.18. The summed E-state index contributed by atoms with van der Waals surface area (Å²) in [6, 6.07) is 16.1. The Hall–Kier alpha value is -2.28. The molecular weight excluding hydrogens is 330 g/mol. The van der Waals surface area contributed by atoms with Crippen molar-refractivity contribution in [2.45, 2.75) is 4.34 Å². The molecule has 0 spiro atoms. The first kappa shape index (κ1) is 14.3. The highest BCUT2D eigenvalue weighted by Crippen LogP contribution is 2.27. The Morgan fingerprint density at radius 2 is 1.91 bits per heavy atom. The Balaban J connectivity index is 1.81. The molecule has 2 aromatic carbocycles. The van der Waals surface area contributed by atoms with Gasteiger partial charge in [-0.05, 0) is 24.3 Å². The molecule has 0 saturated carbocycles. The minimum atomic E-state index is -0.173. The monoisotopic (exact) mass is 341 g/mol. The summed E-state index contributed by atoms with van der Waals surface area (Å²) < 4.78 is 7.44. The molecular formula is C17H11NO3S2. The second kappa shape index (κ2) is 5.73. The third-order valence-electron chi connectivity index (χ3n) is 3.34. The molecule has 6 heteroatoms. The zero-order valence-corrected chi connectivity index (χ0v) is 13.5. The predicted molar refractivity (Wildman–Crippen MR) is 96.1 cm³/mol. The van der Waals surface area contributed by atoms with Gasteiger partial charge in [0, 0.05) is 6.07 Å². The van der Waals surface area contributed by atoms with Crippen LogP contribution in [0.2, 0.25) is 0 Å². The molecule has 0 fully saturated rings. The van der Waals surface area contributed by atoms with E-state index in [0.29, 0.717) is 22.3 Å². The predicted octanol–water partition coefficient (Wildman–Crippen LogP) is 3.96. The van der Waals surface area contributed by atoms with Crippen molar-refractivity contribution in [2.24, 2.45) is 0 Å². The first-order valence-electron chi connectivity index (χ1n) is 6.87. The van der Waals surface area contributed by atoms with E-state index in [1.165, 1.54) is 17.4 Å². The van der Waals surface area contributed by atoms with Gasteiger partial charge in [-0.3, -0.25) is 4.79 Å². The van der Waals surface area contributed by atoms with Gasteiger partial charge in [-0.2, -0.15) is 0 Å². The lowest BCUT2D eigenvalue weighted by Gasteiger charge is -2.01. The molecule has 0 aliphatic heterocycles. The molecule has 0 aliphatic rings. The zero-order valence-electron chi connectivity index (χ0n) is 11.8. The number of aliphatic hydroxyl groups excluding tert-OH is 1. The Morgan fingerprint density at radius 3 is 2.78 bits per heavy atom. The Bertz CT molecular complexity index is 1080. The fraction of sp³-hybridized carbons (Fsp3) is 0. The number of thiol groups is 1. The summed E-state index contributed by atoms with van der Waals surface area (Å²) in [7, 11) is 0. The summed E-state index contributed by atoms with van der Waals surface area (Å²) in [5, 5.41) is 10.8. The van der Waals surface area contributed by atoms with Crippen LogP contribution in [-0.4, -0.2) is 15.1 Å². The lowest BCUT2D eigenvalue weighted by atomic mass is 10.2. The van der Waals surface area contributed by atoms with E-state index in [4.69, 9.17) is 4.42 Å². The molecule has 1 N–H and O–H groups in total. The van der Waals surface area contributed by atoms with E-state index >= 15 is 0 Å². The van der Waals surface area contributed by atoms with Gasteiger partial charge in [-0.15, -0.1) is 22.7 Å². The largest absolute Gasteiger partial charge is 0.453 e. The molecule has 2 heterocycles. The second-order valence-corrected chi connectivity index (χ2v) is 7.27. The van der Waals surface area contributed by atoms with Crippen molar-refractivity contribution < 1.29 is 9.52 Å². The lowest BCUT2D eigenvalue weighted by molar-refractivity contribution is 0.518. The fourth-order valence-corrected chi connectivity index (χ4v) is 4.27. The average molecular weight is 341 g/mol. The van der Waals surface area contributed by atoms with Crippen molar-refractivity contribution in [1.29, 1.82) is 0 Å². The van der Waals surface area contributed by atoms with Crippen LogP contribution in [0, 0.1) is 0 Å². The smallest absolute Gasteiger partial charge is 0.193 e. The summed E-state index contributed by atoms with van der Waals surface area (Å²) in [6.45, 7) is 0. The highest BCUT2D eigenvalue weighted by molar-refractivity contribution is 8.00. The summed E-state index contributed by atoms with van der Waals surface area (Å²) in [5.74, 6) is 0.176. The molecule has 0 aliphatic carbocycles. The number of para-hydroxylation sites is 2. The second-order valence-electron chi connectivity index (χ2n) is 4.87. The molecule has 0 amide bonds. The van der Waals surface area contributed by atoms with Crippen molar-refractivity contribution in [2.75, 3.05) is 0 Å². The standard InChI is InChI=1S/C17H11NO3S2/c19-12-9-14(21-13-7-3-1-5-10(12)13)16(20)23-17-18-11-6-2-4-8-15(11)22-17/h1-9,20,23H. The number of fused-ring (bicyclic) bond motifs is 2. The van der Waals surface area contributed by atoms with Crippen LogP contribution in [0.1, 0.15) is 5.76 Å². The van der Waals surface area contributed by atoms with Crippen LogP contribution < -0.4 is 5.43 Å². The quantitative estimate of drug-likeness (QED) is 0.428. The van der Waals surface area contributed by atoms with Crippen LogP contribution >= 0.6 is 22.7 Å². The van der Waals surface area contributed by atoms with Gasteiger partial charge in [0.25, 0.3) is 0 Å². The Morgan fingerprint density at radius 1 is 1.13 bits per heavy atom. The number of aliphatic hydroxyl groups is 1. The van der Waals surface area contributed by atoms with Crippen LogP contribution in [0.25, 0.3) is 21.2 Å². The lowest BCUT2D eigenvalue weighted by Crippen LogP contribution is -2.06. The molecule has 0 atom stereocenters. The summed E-state index contributed by atoms with van der Waals surface area (Å²) >= 11 is 2.02. The van der Waals surface area contributed by atoms with Crippen molar-refractivity contribution in [3.05, 3.63) is 70.6 Å². The molecule has 2 aromatic heterocycles. The summed E-state index contributed by atoms with van der Waals surface area (Å²) in [6.07, 6.45) is 0. The maximum Gasteiger partial charge on any atom is 0.193 e. The number of nitrogens with zero attached hydrogens (tertiary/aromatic N) is 1. The molecule has 4 aromatic rings. The van der Waals surface area contributed by atoms with Crippen LogP contribution in [0.3, 0.4) is 0 Å². The molecule has 0 unspecified atom stereocenters. The van der Waals surface area contributed by atoms with Crippen LogP contribution in [0.5, 0.6) is 0 Å². The first-order valence-corrected chi connectivity index (χ1v) is 8.58. The molecule has 23 heavy (non-hydrogen) atoms. The number of rotatable bonds is 2. The van der Waals surface area contributed by atoms with E-state index in [9.17, 15) is 9.90 Å². The van der Waals surface area contributed by atoms with E-state index in [1.54, 1.807) is 24.3 Å². The molecule has 4 nitrogen and oxygen atoms in total. The van der Waals surface area contributed by atoms with Crippen molar-refractivity contribution in [3.63, 3.8) is 0 Å². The SMILES string of the molecule is O=c1cc(C(O)=[SH]c2nc3ccccc3s2)oc2ccccc12. The molecule has 114 valence electrons. The number of hydrogen-bond acceptors (Lipinski definition) is 4. The Kier molecular flexibility index (Phi) is 3.57. The molecule has 0 bridgehead atoms. The zero-order chi connectivity index (χ0) is 15.8. The fourth-order valence-electron chi connectivity index (χ4n) is 2.27. The van der Waals surface area contributed by atoms with Gasteiger partial charge < -0.3 is 9.52 Å². The minimum absolute atomic E-state index is 0.0214. The topological polar surface area (TPSA) is 63.3 Å². The average Bonchev–Trinajstić information content (AvgIpc) is 2.97. The van der Waals surface area contributed by atoms with E-state index in [-0.39, 0.29) is 16.2 Å². The van der Waals surface area contributed by atoms with E-state index < -0.39 is 0 Å². The van der Waals surface area contributed by atoms with E-state index in [1.807, 2.05) is 24.3 Å². The van der Waals surface area contributed by atoms with Crippen molar-refractivity contribution in [3.8, 4) is 0 Å². The van der Waals surface area contributed by atoms with E-state index in [0.717, 1.165) is 14.6 Å². The number of benzene rings is 2. The first-order chi connectivity index (χ1) is 11.2. The molecule has 0 saturated heterocycles. The van der Waals surface area contributed by atoms with Crippen molar-refractivity contribution >= 4 is 48.9 Å². The van der Waals surface area contributed by atoms with Gasteiger partial charge >= 0.3 is 0 Å². The van der Waals surface area contributed by atoms with Gasteiger partial charge in [-0.25, -0.2) is 4.98 Å². The van der Waals surface area contributed by atoms with Gasteiger partial charge in [-0.1, -0.05) is 24.3 Å². The van der Waals surface area contributed by atoms with Gasteiger partial charge in [0.1, 0.15) is 15.0 Å². The van der Waals surface area contributed by atoms with Crippen LogP contribution in [0.15, 0.2) is 68.1 Å². The van der Waals surface area contributed by atoms with Gasteiger partial charge in [0.05, 0.1) is 15.6 Å². The van der Waals surface area contributed by atoms with Crippen LogP contribution in [-0.2, 0) is 0 Å². The van der Waals surface area contributed by atoms with Gasteiger partial charge in [0.15, 0.2) is 11.2 Å². The maximum atomic E-state index is 12.1. The normalized spacial score (nSPS) is 12.5. The molecule has 0 radical (unpaired) electrons. The van der Waals surface area contributed by atoms with Crippen LogP contribution in [0.4, 0.5) is 0 Å². The molecule has 4 rings (SSSR count). The number of hydrogen-bond donors (Lipinski definition) is 2. The van der Waals surface area contributed by atoms with Crippen molar-refractivity contribution in [1.82, 2.24) is 4.98 Å². The third-order valence-corrected chi connectivity index (χ3v) is 5.45. The third kappa shape index (κ3) is 2.72. The maximum absolute atomic E-state index is 12.1. The highest BCUT2D eigenvalue weighted by atomic mass is 32.2. The minimum Gasteiger partial charge on any atom is -0.453 e. The number of aromatic nitrogens is 1. The van der Waals surface area contributed by atoms with E-state index in [2.05, 4.69) is 4.98 Å². The van der Waals surface area contributed by atoms with Gasteiger partial charge in [0.2, 0.25) is 0 Å². The Labute approximate surface area is 138 Å².